The van der Waals surface area contributed by atoms with E-state index in [-0.39, 0.29) is 6.04 Å². The molecule has 2 fully saturated rings. The number of rotatable bonds is 3. The van der Waals surface area contributed by atoms with Crippen molar-refractivity contribution in [2.75, 3.05) is 6.54 Å². The van der Waals surface area contributed by atoms with Crippen LogP contribution in [-0.4, -0.2) is 23.7 Å². The molecule has 74 valence electrons. The van der Waals surface area contributed by atoms with Crippen molar-refractivity contribution in [3.63, 3.8) is 0 Å². The standard InChI is InChI=1S/C10H17NO2/c12-10(13)9-5-8(6-11-9)4-7-2-1-3-7/h7-9,11H,1-6H2,(H,12,13)/t8-,9-/m0/s1. The molecule has 1 saturated carbocycles. The van der Waals surface area contributed by atoms with Crippen LogP contribution >= 0.6 is 0 Å². The molecule has 2 rings (SSSR count). The van der Waals surface area contributed by atoms with E-state index in [0.717, 1.165) is 18.9 Å². The molecule has 0 amide bonds. The molecule has 0 bridgehead atoms. The molecule has 1 saturated heterocycles. The normalized spacial score (nSPS) is 34.5. The smallest absolute Gasteiger partial charge is 0.320 e. The van der Waals surface area contributed by atoms with Crippen molar-refractivity contribution in [1.29, 1.82) is 0 Å². The summed E-state index contributed by atoms with van der Waals surface area (Å²) in [7, 11) is 0. The predicted octanol–water partition coefficient (Wildman–Crippen LogP) is 1.24. The van der Waals surface area contributed by atoms with Crippen molar-refractivity contribution >= 4 is 5.97 Å². The average molecular weight is 183 g/mol. The Labute approximate surface area is 78.5 Å². The van der Waals surface area contributed by atoms with Gasteiger partial charge in [0.25, 0.3) is 0 Å². The van der Waals surface area contributed by atoms with Gasteiger partial charge in [-0.2, -0.15) is 0 Å². The zero-order valence-electron chi connectivity index (χ0n) is 7.83. The van der Waals surface area contributed by atoms with Crippen LogP contribution in [0.1, 0.15) is 32.1 Å². The largest absolute Gasteiger partial charge is 0.480 e. The van der Waals surface area contributed by atoms with E-state index in [2.05, 4.69) is 5.32 Å². The van der Waals surface area contributed by atoms with Gasteiger partial charge in [0.2, 0.25) is 0 Å². The van der Waals surface area contributed by atoms with Gasteiger partial charge >= 0.3 is 5.97 Å². The molecule has 0 spiro atoms. The van der Waals surface area contributed by atoms with Crippen molar-refractivity contribution in [3.05, 3.63) is 0 Å². The van der Waals surface area contributed by atoms with Crippen molar-refractivity contribution in [2.24, 2.45) is 11.8 Å². The minimum Gasteiger partial charge on any atom is -0.480 e. The van der Waals surface area contributed by atoms with Crippen LogP contribution in [0.5, 0.6) is 0 Å². The number of hydrogen-bond acceptors (Lipinski definition) is 2. The van der Waals surface area contributed by atoms with E-state index in [9.17, 15) is 4.79 Å². The molecule has 0 aromatic carbocycles. The second kappa shape index (κ2) is 3.66. The summed E-state index contributed by atoms with van der Waals surface area (Å²) in [4.78, 5) is 10.7. The molecule has 3 heteroatoms. The number of carbonyl (C=O) groups is 1. The molecule has 1 aliphatic heterocycles. The Bertz CT molecular complexity index is 201. The summed E-state index contributed by atoms with van der Waals surface area (Å²) in [6.45, 7) is 0.910. The fraction of sp³-hybridized carbons (Fsp3) is 0.900. The van der Waals surface area contributed by atoms with Gasteiger partial charge in [-0.15, -0.1) is 0 Å². The first-order valence-corrected chi connectivity index (χ1v) is 5.22. The van der Waals surface area contributed by atoms with Crippen molar-refractivity contribution in [3.8, 4) is 0 Å². The summed E-state index contributed by atoms with van der Waals surface area (Å²) in [6, 6.07) is -0.273. The minimum atomic E-state index is -0.684. The summed E-state index contributed by atoms with van der Waals surface area (Å²) < 4.78 is 0. The lowest BCUT2D eigenvalue weighted by atomic mass is 9.78. The van der Waals surface area contributed by atoms with Crippen LogP contribution in [0.4, 0.5) is 0 Å². The minimum absolute atomic E-state index is 0.273. The summed E-state index contributed by atoms with van der Waals surface area (Å²) in [6.07, 6.45) is 6.21. The van der Waals surface area contributed by atoms with E-state index in [1.807, 2.05) is 0 Å². The van der Waals surface area contributed by atoms with Crippen LogP contribution < -0.4 is 5.32 Å². The van der Waals surface area contributed by atoms with E-state index >= 15 is 0 Å². The second-order valence-corrected chi connectivity index (χ2v) is 4.43. The molecule has 2 atom stereocenters. The first-order valence-electron chi connectivity index (χ1n) is 5.22. The third-order valence-electron chi connectivity index (χ3n) is 3.41. The molecule has 2 aliphatic rings. The van der Waals surface area contributed by atoms with Crippen LogP contribution in [-0.2, 0) is 4.79 Å². The Hall–Kier alpha value is -0.570. The van der Waals surface area contributed by atoms with Gasteiger partial charge in [-0.1, -0.05) is 19.3 Å². The zero-order chi connectivity index (χ0) is 9.26. The molecule has 0 aromatic rings. The number of carboxylic acids is 1. The van der Waals surface area contributed by atoms with E-state index in [1.54, 1.807) is 0 Å². The lowest BCUT2D eigenvalue weighted by molar-refractivity contribution is -0.139. The maximum absolute atomic E-state index is 10.7. The van der Waals surface area contributed by atoms with Crippen molar-refractivity contribution in [2.45, 2.75) is 38.1 Å². The maximum Gasteiger partial charge on any atom is 0.320 e. The van der Waals surface area contributed by atoms with Gasteiger partial charge in [0, 0.05) is 0 Å². The van der Waals surface area contributed by atoms with Gasteiger partial charge in [0.1, 0.15) is 6.04 Å². The third-order valence-corrected chi connectivity index (χ3v) is 3.41. The Morgan fingerprint density at radius 3 is 2.62 bits per heavy atom. The highest BCUT2D eigenvalue weighted by Crippen LogP contribution is 2.34. The molecule has 1 heterocycles. The van der Waals surface area contributed by atoms with E-state index in [0.29, 0.717) is 5.92 Å². The topological polar surface area (TPSA) is 49.3 Å². The fourth-order valence-electron chi connectivity index (χ4n) is 2.38. The van der Waals surface area contributed by atoms with Crippen LogP contribution in [0.15, 0.2) is 0 Å². The molecular weight excluding hydrogens is 166 g/mol. The Morgan fingerprint density at radius 1 is 1.38 bits per heavy atom. The van der Waals surface area contributed by atoms with Crippen LogP contribution in [0.2, 0.25) is 0 Å². The molecule has 3 nitrogen and oxygen atoms in total. The number of hydrogen-bond donors (Lipinski definition) is 2. The number of nitrogens with one attached hydrogen (secondary N) is 1. The van der Waals surface area contributed by atoms with Gasteiger partial charge in [-0.05, 0) is 31.2 Å². The quantitative estimate of drug-likeness (QED) is 0.692. The summed E-state index contributed by atoms with van der Waals surface area (Å²) >= 11 is 0. The van der Waals surface area contributed by atoms with Gasteiger partial charge in [0.05, 0.1) is 0 Å². The molecule has 13 heavy (non-hydrogen) atoms. The predicted molar refractivity (Wildman–Crippen MR) is 49.5 cm³/mol. The molecule has 0 aromatic heterocycles. The SMILES string of the molecule is O=C(O)[C@@H]1C[C@H](CC2CCC2)CN1. The zero-order valence-corrected chi connectivity index (χ0v) is 7.83. The first kappa shape index (κ1) is 9.00. The van der Waals surface area contributed by atoms with Gasteiger partial charge < -0.3 is 10.4 Å². The Kier molecular flexibility index (Phi) is 2.54. The lowest BCUT2D eigenvalue weighted by Gasteiger charge is -2.27. The monoisotopic (exact) mass is 183 g/mol. The molecule has 0 unspecified atom stereocenters. The van der Waals surface area contributed by atoms with E-state index in [4.69, 9.17) is 5.11 Å². The number of aliphatic carboxylic acids is 1. The van der Waals surface area contributed by atoms with Crippen LogP contribution in [0.3, 0.4) is 0 Å². The molecule has 1 aliphatic carbocycles. The highest BCUT2D eigenvalue weighted by Gasteiger charge is 2.31. The molecule has 0 radical (unpaired) electrons. The summed E-state index contributed by atoms with van der Waals surface area (Å²) in [5.74, 6) is 0.835. The molecular formula is C10H17NO2. The first-order chi connectivity index (χ1) is 6.25. The van der Waals surface area contributed by atoms with Gasteiger partial charge in [0.15, 0.2) is 0 Å². The summed E-state index contributed by atoms with van der Waals surface area (Å²) in [5, 5.41) is 11.8. The lowest BCUT2D eigenvalue weighted by Crippen LogP contribution is -2.29. The number of carboxylic acid groups (broad SMARTS) is 1. The van der Waals surface area contributed by atoms with E-state index in [1.165, 1.54) is 25.7 Å². The van der Waals surface area contributed by atoms with Gasteiger partial charge in [-0.3, -0.25) is 4.79 Å². The molecule has 2 N–H and O–H groups in total. The highest BCUT2D eigenvalue weighted by molar-refractivity contribution is 5.73. The van der Waals surface area contributed by atoms with Crippen LogP contribution in [0, 0.1) is 11.8 Å². The van der Waals surface area contributed by atoms with Crippen molar-refractivity contribution < 1.29 is 9.90 Å². The van der Waals surface area contributed by atoms with Crippen LogP contribution in [0.25, 0.3) is 0 Å². The average Bonchev–Trinajstić information content (AvgIpc) is 2.44. The fourth-order valence-corrected chi connectivity index (χ4v) is 2.38. The Morgan fingerprint density at radius 2 is 2.15 bits per heavy atom. The maximum atomic E-state index is 10.7. The van der Waals surface area contributed by atoms with Crippen molar-refractivity contribution in [1.82, 2.24) is 5.32 Å². The van der Waals surface area contributed by atoms with Gasteiger partial charge in [-0.25, -0.2) is 0 Å². The second-order valence-electron chi connectivity index (χ2n) is 4.43. The van der Waals surface area contributed by atoms with E-state index < -0.39 is 5.97 Å². The summed E-state index contributed by atoms with van der Waals surface area (Å²) in [5.41, 5.74) is 0. The third kappa shape index (κ3) is 2.02. The Balaban J connectivity index is 1.74. The highest BCUT2D eigenvalue weighted by atomic mass is 16.4.